The van der Waals surface area contributed by atoms with Crippen LogP contribution in [0.15, 0.2) is 72.8 Å². The van der Waals surface area contributed by atoms with Crippen LogP contribution in [0, 0.1) is 0 Å². The van der Waals surface area contributed by atoms with Gasteiger partial charge in [-0.1, -0.05) is 62.6 Å². The second kappa shape index (κ2) is 14.8. The van der Waals surface area contributed by atoms with Gasteiger partial charge in [0.15, 0.2) is 0 Å². The molecule has 7 heteroatoms. The first kappa shape index (κ1) is 29.6. The highest BCUT2D eigenvalue weighted by Gasteiger charge is 2.30. The Hall–Kier alpha value is -3.42. The van der Waals surface area contributed by atoms with E-state index in [4.69, 9.17) is 14.2 Å². The van der Waals surface area contributed by atoms with E-state index in [2.05, 4.69) is 31.2 Å². The summed E-state index contributed by atoms with van der Waals surface area (Å²) in [5.74, 6) is 0.666. The summed E-state index contributed by atoms with van der Waals surface area (Å²) in [6.45, 7) is 2.74. The van der Waals surface area contributed by atoms with Crippen molar-refractivity contribution in [2.75, 3.05) is 19.1 Å². The van der Waals surface area contributed by atoms with Crippen LogP contribution in [0.1, 0.15) is 77.2 Å². The van der Waals surface area contributed by atoms with E-state index < -0.39 is 0 Å². The zero-order chi connectivity index (χ0) is 28.3. The molecule has 6 nitrogen and oxygen atoms in total. The molecule has 0 aliphatic carbocycles. The van der Waals surface area contributed by atoms with E-state index in [9.17, 15) is 9.59 Å². The van der Waals surface area contributed by atoms with Crippen molar-refractivity contribution in [3.8, 4) is 5.75 Å². The van der Waals surface area contributed by atoms with Crippen molar-refractivity contribution in [1.82, 2.24) is 0 Å². The molecule has 1 fully saturated rings. The molecule has 4 rings (SSSR count). The average Bonchev–Trinajstić information content (AvgIpc) is 3.61. The van der Waals surface area contributed by atoms with Crippen molar-refractivity contribution in [3.63, 3.8) is 0 Å². The molecule has 3 aromatic rings. The van der Waals surface area contributed by atoms with Crippen molar-refractivity contribution in [1.29, 1.82) is 0 Å². The zero-order valence-electron chi connectivity index (χ0n) is 23.6. The molecule has 1 aliphatic heterocycles. The van der Waals surface area contributed by atoms with Crippen LogP contribution in [-0.2, 0) is 27.3 Å². The standard InChI is InChI=1S/C33H39NO5S/c1-4-5-6-10-30(39-23-24-11-18-28(37-2)19-12-24)25-13-15-27(16-14-25)34-26(17-22-32(34)35)8-7-9-29-20-21-31(40-29)33(36)38-3/h7-8,11-16,18-21,26,30H,4-6,9-10,17,22-23H2,1-3H3/t26-,30?/m0/s1. The number of amides is 1. The van der Waals surface area contributed by atoms with E-state index in [1.165, 1.54) is 24.9 Å². The minimum absolute atomic E-state index is 0.00616. The highest BCUT2D eigenvalue weighted by Crippen LogP contribution is 2.31. The van der Waals surface area contributed by atoms with Gasteiger partial charge in [-0.05, 0) is 66.8 Å². The number of thiophene rings is 1. The fourth-order valence-corrected chi connectivity index (χ4v) is 5.86. The Morgan fingerprint density at radius 1 is 1.05 bits per heavy atom. The van der Waals surface area contributed by atoms with E-state index in [0.717, 1.165) is 53.1 Å². The van der Waals surface area contributed by atoms with Crippen LogP contribution in [-0.4, -0.2) is 32.1 Å². The Balaban J connectivity index is 1.41. The van der Waals surface area contributed by atoms with Gasteiger partial charge in [0.1, 0.15) is 10.6 Å². The molecule has 2 heterocycles. The number of benzene rings is 2. The Bertz CT molecular complexity index is 1260. The predicted molar refractivity (Wildman–Crippen MR) is 160 cm³/mol. The Morgan fingerprint density at radius 3 is 2.52 bits per heavy atom. The summed E-state index contributed by atoms with van der Waals surface area (Å²) < 4.78 is 16.5. The van der Waals surface area contributed by atoms with E-state index in [1.807, 2.05) is 47.4 Å². The van der Waals surface area contributed by atoms with Crippen molar-refractivity contribution in [3.05, 3.63) is 93.7 Å². The first-order valence-electron chi connectivity index (χ1n) is 14.0. The minimum atomic E-state index is -0.310. The smallest absolute Gasteiger partial charge is 0.348 e. The molecule has 0 saturated carbocycles. The van der Waals surface area contributed by atoms with Crippen LogP contribution in [0.5, 0.6) is 5.75 Å². The highest BCUT2D eigenvalue weighted by molar-refractivity contribution is 7.13. The first-order valence-corrected chi connectivity index (χ1v) is 14.8. The third kappa shape index (κ3) is 7.83. The molecule has 1 saturated heterocycles. The summed E-state index contributed by atoms with van der Waals surface area (Å²) in [6, 6.07) is 20.0. The molecule has 1 amide bonds. The number of esters is 1. The Labute approximate surface area is 241 Å². The second-order valence-corrected chi connectivity index (χ2v) is 11.2. The maximum atomic E-state index is 12.8. The number of allylic oxidation sites excluding steroid dienone is 1. The molecule has 0 N–H and O–H groups in total. The van der Waals surface area contributed by atoms with Crippen LogP contribution in [0.3, 0.4) is 0 Å². The Morgan fingerprint density at radius 2 is 1.82 bits per heavy atom. The van der Waals surface area contributed by atoms with Crippen LogP contribution in [0.2, 0.25) is 0 Å². The molecule has 0 spiro atoms. The Kier molecular flexibility index (Phi) is 11.0. The maximum Gasteiger partial charge on any atom is 0.348 e. The zero-order valence-corrected chi connectivity index (χ0v) is 24.5. The van der Waals surface area contributed by atoms with Gasteiger partial charge in [0.05, 0.1) is 33.0 Å². The van der Waals surface area contributed by atoms with Gasteiger partial charge >= 0.3 is 5.97 Å². The fraction of sp³-hybridized carbons (Fsp3) is 0.394. The van der Waals surface area contributed by atoms with Crippen molar-refractivity contribution < 1.29 is 23.8 Å². The third-order valence-corrected chi connectivity index (χ3v) is 8.29. The lowest BCUT2D eigenvalue weighted by atomic mass is 10.0. The number of anilines is 1. The summed E-state index contributed by atoms with van der Waals surface area (Å²) in [4.78, 5) is 28.1. The van der Waals surface area contributed by atoms with Crippen LogP contribution in [0.25, 0.3) is 0 Å². The summed E-state index contributed by atoms with van der Waals surface area (Å²) in [6.07, 6.45) is 10.6. The van der Waals surface area contributed by atoms with E-state index in [0.29, 0.717) is 24.3 Å². The van der Waals surface area contributed by atoms with Gasteiger partial charge in [0, 0.05) is 17.0 Å². The number of hydrogen-bond acceptors (Lipinski definition) is 6. The minimum Gasteiger partial charge on any atom is -0.497 e. The quantitative estimate of drug-likeness (QED) is 0.115. The van der Waals surface area contributed by atoms with Gasteiger partial charge in [-0.15, -0.1) is 11.3 Å². The fourth-order valence-electron chi connectivity index (χ4n) is 4.96. The molecule has 0 radical (unpaired) electrons. The normalized spacial score (nSPS) is 16.0. The van der Waals surface area contributed by atoms with Gasteiger partial charge in [-0.25, -0.2) is 4.79 Å². The number of carbonyl (C=O) groups excluding carboxylic acids is 2. The molecule has 212 valence electrons. The monoisotopic (exact) mass is 561 g/mol. The van der Waals surface area contributed by atoms with Crippen LogP contribution < -0.4 is 9.64 Å². The molecule has 40 heavy (non-hydrogen) atoms. The molecular weight excluding hydrogens is 522 g/mol. The molecule has 0 bridgehead atoms. The lowest BCUT2D eigenvalue weighted by Crippen LogP contribution is -2.31. The summed E-state index contributed by atoms with van der Waals surface area (Å²) in [5.41, 5.74) is 3.15. The number of methoxy groups -OCH3 is 2. The lowest BCUT2D eigenvalue weighted by molar-refractivity contribution is -0.117. The third-order valence-electron chi connectivity index (χ3n) is 7.20. The summed E-state index contributed by atoms with van der Waals surface area (Å²) >= 11 is 1.44. The van der Waals surface area contributed by atoms with Crippen molar-refractivity contribution >= 4 is 28.9 Å². The van der Waals surface area contributed by atoms with Crippen molar-refractivity contribution in [2.24, 2.45) is 0 Å². The lowest BCUT2D eigenvalue weighted by Gasteiger charge is -2.24. The number of nitrogens with zero attached hydrogens (tertiary/aromatic N) is 1. The van der Waals surface area contributed by atoms with Crippen LogP contribution in [0.4, 0.5) is 5.69 Å². The maximum absolute atomic E-state index is 12.8. The molecule has 2 atom stereocenters. The number of unbranched alkanes of at least 4 members (excludes halogenated alkanes) is 2. The molecule has 1 unspecified atom stereocenters. The largest absolute Gasteiger partial charge is 0.497 e. The summed E-state index contributed by atoms with van der Waals surface area (Å²) in [5, 5.41) is 0. The van der Waals surface area contributed by atoms with Crippen molar-refractivity contribution in [2.45, 2.75) is 70.6 Å². The molecule has 1 aromatic heterocycles. The molecular formula is C33H39NO5S. The topological polar surface area (TPSA) is 65.1 Å². The van der Waals surface area contributed by atoms with Gasteiger partial charge in [0.25, 0.3) is 0 Å². The predicted octanol–water partition coefficient (Wildman–Crippen LogP) is 7.68. The average molecular weight is 562 g/mol. The number of hydrogen-bond donors (Lipinski definition) is 0. The van der Waals surface area contributed by atoms with Gasteiger partial charge in [-0.3, -0.25) is 4.79 Å². The molecule has 1 aliphatic rings. The van der Waals surface area contributed by atoms with E-state index >= 15 is 0 Å². The molecule has 2 aromatic carbocycles. The van der Waals surface area contributed by atoms with Gasteiger partial charge < -0.3 is 19.1 Å². The van der Waals surface area contributed by atoms with E-state index in [-0.39, 0.29) is 24.0 Å². The summed E-state index contributed by atoms with van der Waals surface area (Å²) in [7, 11) is 3.06. The first-order chi connectivity index (χ1) is 19.5. The second-order valence-electron chi connectivity index (χ2n) is 9.99. The number of rotatable bonds is 14. The number of ether oxygens (including phenoxy) is 3. The number of carbonyl (C=O) groups is 2. The van der Waals surface area contributed by atoms with E-state index in [1.54, 1.807) is 13.2 Å². The highest BCUT2D eigenvalue weighted by atomic mass is 32.1. The van der Waals surface area contributed by atoms with Gasteiger partial charge in [-0.2, -0.15) is 0 Å². The SMILES string of the molecule is CCCCCC(OCc1ccc(OC)cc1)c1ccc(N2C(=O)CC[C@@H]2C=CCc2ccc(C(=O)OC)s2)cc1. The van der Waals surface area contributed by atoms with Gasteiger partial charge in [0.2, 0.25) is 5.91 Å². The van der Waals surface area contributed by atoms with Crippen LogP contribution >= 0.6 is 11.3 Å².